The van der Waals surface area contributed by atoms with Gasteiger partial charge in [0.1, 0.15) is 0 Å². The maximum Gasteiger partial charge on any atom is 0.306 e. The normalized spacial score (nSPS) is 26.8. The van der Waals surface area contributed by atoms with Crippen molar-refractivity contribution in [2.75, 3.05) is 21.2 Å². The average molecular weight is 390 g/mol. The lowest BCUT2D eigenvalue weighted by atomic mass is 9.91. The van der Waals surface area contributed by atoms with Gasteiger partial charge in [-0.2, -0.15) is 0 Å². The minimum atomic E-state index is -2.68. The number of benzene rings is 1. The first kappa shape index (κ1) is 20.3. The van der Waals surface area contributed by atoms with Crippen molar-refractivity contribution in [1.82, 2.24) is 9.34 Å². The fraction of sp³-hybridized carbons (Fsp3) is 0.571. The summed E-state index contributed by atoms with van der Waals surface area (Å²) in [7, 11) is 2.74. The summed E-state index contributed by atoms with van der Waals surface area (Å²) in [6.07, 6.45) is 7.69. The van der Waals surface area contributed by atoms with Crippen molar-refractivity contribution >= 4 is 13.4 Å². The highest BCUT2D eigenvalue weighted by Gasteiger charge is 2.50. The molecule has 27 heavy (non-hydrogen) atoms. The largest absolute Gasteiger partial charge is 0.469 e. The number of methoxy groups -OCH3 is 1. The molecule has 6 heteroatoms. The predicted octanol–water partition coefficient (Wildman–Crippen LogP) is 4.62. The molecular formula is C21H31N2O3P. The average Bonchev–Trinajstić information content (AvgIpc) is 2.89. The monoisotopic (exact) mass is 390 g/mol. The first-order valence-electron chi connectivity index (χ1n) is 9.83. The number of carbonyl (C=O) groups is 1. The zero-order valence-corrected chi connectivity index (χ0v) is 17.5. The molecule has 1 aliphatic carbocycles. The molecule has 3 atom stereocenters. The Kier molecular flexibility index (Phi) is 6.56. The number of fused-ring (bicyclic) bond motifs is 1. The molecule has 2 aliphatic rings. The highest BCUT2D eigenvalue weighted by atomic mass is 31.2. The lowest BCUT2D eigenvalue weighted by Gasteiger charge is -2.28. The Morgan fingerprint density at radius 3 is 2.33 bits per heavy atom. The van der Waals surface area contributed by atoms with Gasteiger partial charge < -0.3 is 4.74 Å². The van der Waals surface area contributed by atoms with Crippen LogP contribution in [-0.2, 0) is 14.1 Å². The molecule has 0 unspecified atom stereocenters. The van der Waals surface area contributed by atoms with E-state index >= 15 is 0 Å². The van der Waals surface area contributed by atoms with Gasteiger partial charge in [-0.25, -0.2) is 9.34 Å². The smallest absolute Gasteiger partial charge is 0.306 e. The van der Waals surface area contributed by atoms with Gasteiger partial charge >= 0.3 is 5.97 Å². The number of nitrogens with zero attached hydrogens (tertiary/aromatic N) is 2. The Hall–Kier alpha value is -1.42. The highest BCUT2D eigenvalue weighted by molar-refractivity contribution is 7.62. The van der Waals surface area contributed by atoms with E-state index in [1.807, 2.05) is 56.3 Å². The second kappa shape index (κ2) is 8.72. The Bertz CT molecular complexity index is 699. The molecule has 0 aromatic heterocycles. The van der Waals surface area contributed by atoms with Gasteiger partial charge in [-0.05, 0) is 44.8 Å². The van der Waals surface area contributed by atoms with Crippen molar-refractivity contribution in [3.8, 4) is 0 Å². The summed E-state index contributed by atoms with van der Waals surface area (Å²) in [5.74, 6) is 1.71. The Balaban J connectivity index is 1.75. The van der Waals surface area contributed by atoms with Crippen LogP contribution < -0.4 is 0 Å². The molecule has 0 N–H and O–H groups in total. The lowest BCUT2D eigenvalue weighted by Crippen LogP contribution is -2.37. The van der Waals surface area contributed by atoms with E-state index in [0.717, 1.165) is 18.4 Å². The first-order valence-corrected chi connectivity index (χ1v) is 11.5. The Morgan fingerprint density at radius 1 is 1.19 bits per heavy atom. The fourth-order valence-corrected chi connectivity index (χ4v) is 7.18. The standard InChI is InChI=1S/C21H31N2O3P/c1-22-19-13-7-8-14-20(19)23(2)27(22,25)15-9-12-18(16-21(24)26-3)17-10-5-4-6-11-17/h4-6,9-11,15,18-20H,7-8,12-14,16H2,1-3H3/b15-9+/t18-,19+,20+/m0/s1. The van der Waals surface area contributed by atoms with Gasteiger partial charge in [-0.1, -0.05) is 49.2 Å². The molecule has 1 aliphatic heterocycles. The van der Waals surface area contributed by atoms with Crippen LogP contribution in [0.1, 0.15) is 50.0 Å². The second-order valence-electron chi connectivity index (χ2n) is 7.66. The SMILES string of the molecule is COC(=O)C[C@H](C/C=C/P1(=O)N(C)[C@@H]2CCCC[C@H]2N1C)c1ccccc1. The van der Waals surface area contributed by atoms with Crippen molar-refractivity contribution in [3.63, 3.8) is 0 Å². The molecule has 0 spiro atoms. The van der Waals surface area contributed by atoms with Gasteiger partial charge in [0.25, 0.3) is 0 Å². The van der Waals surface area contributed by atoms with E-state index in [0.29, 0.717) is 24.9 Å². The number of hydrogen-bond acceptors (Lipinski definition) is 3. The second-order valence-corrected chi connectivity index (χ2v) is 10.4. The summed E-state index contributed by atoms with van der Waals surface area (Å²) < 4.78 is 22.8. The van der Waals surface area contributed by atoms with Gasteiger partial charge in [0.15, 0.2) is 0 Å². The molecule has 5 nitrogen and oxygen atoms in total. The summed E-state index contributed by atoms with van der Waals surface area (Å²) in [5, 5.41) is 0. The number of likely N-dealkylation sites (N-methyl/N-ethyl adjacent to an activating group) is 2. The van der Waals surface area contributed by atoms with Crippen LogP contribution in [0.2, 0.25) is 0 Å². The van der Waals surface area contributed by atoms with Crippen LogP contribution in [0.25, 0.3) is 0 Å². The molecule has 0 bridgehead atoms. The topological polar surface area (TPSA) is 49.9 Å². The molecule has 3 rings (SSSR count). The minimum Gasteiger partial charge on any atom is -0.469 e. The van der Waals surface area contributed by atoms with Gasteiger partial charge in [0, 0.05) is 17.9 Å². The van der Waals surface area contributed by atoms with E-state index in [-0.39, 0.29) is 11.9 Å². The lowest BCUT2D eigenvalue weighted by molar-refractivity contribution is -0.141. The number of carbonyl (C=O) groups excluding carboxylic acids is 1. The van der Waals surface area contributed by atoms with Crippen molar-refractivity contribution in [3.05, 3.63) is 47.8 Å². The number of esters is 1. The molecule has 148 valence electrons. The zero-order chi connectivity index (χ0) is 19.4. The molecule has 0 amide bonds. The maximum absolute atomic E-state index is 13.7. The quantitative estimate of drug-likeness (QED) is 0.524. The molecule has 1 aromatic rings. The first-order chi connectivity index (χ1) is 13.0. The predicted molar refractivity (Wildman–Crippen MR) is 109 cm³/mol. The van der Waals surface area contributed by atoms with Crippen LogP contribution in [0, 0.1) is 0 Å². The van der Waals surface area contributed by atoms with Gasteiger partial charge in [0.2, 0.25) is 7.44 Å². The highest BCUT2D eigenvalue weighted by Crippen LogP contribution is 2.62. The van der Waals surface area contributed by atoms with Crippen LogP contribution in [0.4, 0.5) is 0 Å². The third-order valence-electron chi connectivity index (χ3n) is 6.19. The molecular weight excluding hydrogens is 359 g/mol. The third-order valence-corrected chi connectivity index (χ3v) is 9.19. The summed E-state index contributed by atoms with van der Waals surface area (Å²) in [4.78, 5) is 11.8. The van der Waals surface area contributed by atoms with Crippen molar-refractivity contribution in [2.45, 2.75) is 56.5 Å². The van der Waals surface area contributed by atoms with E-state index in [1.54, 1.807) is 0 Å². The maximum atomic E-state index is 13.7. The molecule has 1 heterocycles. The van der Waals surface area contributed by atoms with Crippen molar-refractivity contribution < 1.29 is 14.1 Å². The van der Waals surface area contributed by atoms with Crippen LogP contribution in [0.15, 0.2) is 42.2 Å². The molecule has 0 radical (unpaired) electrons. The van der Waals surface area contributed by atoms with E-state index in [9.17, 15) is 9.36 Å². The van der Waals surface area contributed by atoms with Gasteiger partial charge in [0.05, 0.1) is 13.5 Å². The van der Waals surface area contributed by atoms with E-state index in [1.165, 1.54) is 20.0 Å². The molecule has 1 saturated carbocycles. The summed E-state index contributed by atoms with van der Waals surface area (Å²) in [6.45, 7) is 0. The third kappa shape index (κ3) is 4.21. The van der Waals surface area contributed by atoms with E-state index < -0.39 is 7.44 Å². The Labute approximate surface area is 162 Å². The summed E-state index contributed by atoms with van der Waals surface area (Å²) >= 11 is 0. The molecule has 1 aromatic carbocycles. The van der Waals surface area contributed by atoms with Crippen molar-refractivity contribution in [1.29, 1.82) is 0 Å². The van der Waals surface area contributed by atoms with E-state index in [4.69, 9.17) is 4.74 Å². The molecule has 2 fully saturated rings. The van der Waals surface area contributed by atoms with Crippen molar-refractivity contribution in [2.24, 2.45) is 0 Å². The Morgan fingerprint density at radius 2 is 1.78 bits per heavy atom. The number of hydrogen-bond donors (Lipinski definition) is 0. The van der Waals surface area contributed by atoms with Crippen LogP contribution >= 0.6 is 7.44 Å². The van der Waals surface area contributed by atoms with E-state index in [2.05, 4.69) is 9.34 Å². The van der Waals surface area contributed by atoms with Gasteiger partial charge in [-0.3, -0.25) is 9.36 Å². The summed E-state index contributed by atoms with van der Waals surface area (Å²) in [5.41, 5.74) is 1.10. The van der Waals surface area contributed by atoms with Crippen LogP contribution in [0.5, 0.6) is 0 Å². The molecule has 1 saturated heterocycles. The van der Waals surface area contributed by atoms with Crippen LogP contribution in [-0.4, -0.2) is 48.6 Å². The fourth-order valence-electron chi connectivity index (χ4n) is 4.53. The van der Waals surface area contributed by atoms with Crippen LogP contribution in [0.3, 0.4) is 0 Å². The summed E-state index contributed by atoms with van der Waals surface area (Å²) in [6, 6.07) is 10.8. The minimum absolute atomic E-state index is 0.0296. The number of allylic oxidation sites excluding steroid dienone is 1. The number of rotatable bonds is 6. The zero-order valence-electron chi connectivity index (χ0n) is 16.6. The van der Waals surface area contributed by atoms with Gasteiger partial charge in [-0.15, -0.1) is 0 Å². The number of ether oxygens (including phenoxy) is 1.